The third-order valence-corrected chi connectivity index (χ3v) is 4.56. The molecule has 16 heavy (non-hydrogen) atoms. The van der Waals surface area contributed by atoms with E-state index in [4.69, 9.17) is 4.42 Å². The third kappa shape index (κ3) is 2.56. The summed E-state index contributed by atoms with van der Waals surface area (Å²) in [5, 5.41) is 5.60. The van der Waals surface area contributed by atoms with Crippen LogP contribution in [0.3, 0.4) is 0 Å². The maximum Gasteiger partial charge on any atom is 0.120 e. The Morgan fingerprint density at radius 3 is 2.69 bits per heavy atom. The van der Waals surface area contributed by atoms with Crippen molar-refractivity contribution >= 4 is 27.3 Å². The van der Waals surface area contributed by atoms with Crippen LogP contribution >= 0.6 is 27.3 Å². The molecule has 0 saturated carbocycles. The summed E-state index contributed by atoms with van der Waals surface area (Å²) in [6.07, 6.45) is 1.71. The maximum atomic E-state index is 5.37. The second kappa shape index (κ2) is 5.17. The van der Waals surface area contributed by atoms with Crippen LogP contribution in [0.2, 0.25) is 0 Å². The summed E-state index contributed by atoms with van der Waals surface area (Å²) in [5.41, 5.74) is 0. The van der Waals surface area contributed by atoms with Gasteiger partial charge in [0.25, 0.3) is 0 Å². The Labute approximate surface area is 108 Å². The van der Waals surface area contributed by atoms with Gasteiger partial charge < -0.3 is 9.73 Å². The molecule has 2 nitrogen and oxygen atoms in total. The zero-order valence-corrected chi connectivity index (χ0v) is 11.6. The van der Waals surface area contributed by atoms with Crippen molar-refractivity contribution in [1.29, 1.82) is 0 Å². The van der Waals surface area contributed by atoms with Crippen LogP contribution < -0.4 is 5.32 Å². The highest BCUT2D eigenvalue weighted by atomic mass is 79.9. The van der Waals surface area contributed by atoms with E-state index in [9.17, 15) is 0 Å². The minimum absolute atomic E-state index is 0.221. The van der Waals surface area contributed by atoms with Crippen molar-refractivity contribution in [3.05, 3.63) is 45.0 Å². The summed E-state index contributed by atoms with van der Waals surface area (Å²) in [4.78, 5) is 1.32. The molecule has 2 unspecified atom stereocenters. The van der Waals surface area contributed by atoms with E-state index in [1.54, 1.807) is 17.6 Å². The molecular formula is C12H14BrNOS. The topological polar surface area (TPSA) is 25.2 Å². The monoisotopic (exact) mass is 299 g/mol. The number of thiophene rings is 1. The highest BCUT2D eigenvalue weighted by Crippen LogP contribution is 2.30. The van der Waals surface area contributed by atoms with Gasteiger partial charge in [-0.1, -0.05) is 0 Å². The molecule has 0 aliphatic heterocycles. The van der Waals surface area contributed by atoms with Gasteiger partial charge >= 0.3 is 0 Å². The van der Waals surface area contributed by atoms with Gasteiger partial charge in [0.05, 0.1) is 12.3 Å². The lowest BCUT2D eigenvalue weighted by Gasteiger charge is -2.17. The standard InChI is InChI=1S/C12H14BrNOS/c1-8(11-4-3-6-15-11)14-9(2)12-10(13)5-7-16-12/h3-9,14H,1-2H3. The number of hydrogen-bond donors (Lipinski definition) is 1. The van der Waals surface area contributed by atoms with Crippen LogP contribution in [0.5, 0.6) is 0 Å². The molecule has 0 bridgehead atoms. The fraction of sp³-hybridized carbons (Fsp3) is 0.333. The van der Waals surface area contributed by atoms with Gasteiger partial charge in [-0.05, 0) is 53.4 Å². The van der Waals surface area contributed by atoms with Crippen molar-refractivity contribution < 1.29 is 4.42 Å². The SMILES string of the molecule is CC(NC(C)c1sccc1Br)c1ccco1. The van der Waals surface area contributed by atoms with E-state index >= 15 is 0 Å². The van der Waals surface area contributed by atoms with Gasteiger partial charge in [0.1, 0.15) is 5.76 Å². The van der Waals surface area contributed by atoms with E-state index in [1.165, 1.54) is 9.35 Å². The van der Waals surface area contributed by atoms with E-state index < -0.39 is 0 Å². The molecular weight excluding hydrogens is 286 g/mol. The lowest BCUT2D eigenvalue weighted by Crippen LogP contribution is -2.21. The number of halogens is 1. The first-order valence-corrected chi connectivity index (χ1v) is 6.88. The zero-order chi connectivity index (χ0) is 11.5. The number of hydrogen-bond acceptors (Lipinski definition) is 3. The Bertz CT molecular complexity index is 438. The third-order valence-electron chi connectivity index (χ3n) is 2.51. The first-order valence-electron chi connectivity index (χ1n) is 5.21. The number of rotatable bonds is 4. The van der Waals surface area contributed by atoms with E-state index in [2.05, 4.69) is 46.5 Å². The summed E-state index contributed by atoms with van der Waals surface area (Å²) in [6.45, 7) is 4.27. The smallest absolute Gasteiger partial charge is 0.120 e. The minimum Gasteiger partial charge on any atom is -0.468 e. The Balaban J connectivity index is 2.03. The first-order chi connectivity index (χ1) is 7.68. The van der Waals surface area contributed by atoms with Crippen LogP contribution in [-0.4, -0.2) is 0 Å². The fourth-order valence-electron chi connectivity index (χ4n) is 1.68. The number of furan rings is 1. The molecule has 0 fully saturated rings. The molecule has 2 aromatic heterocycles. The van der Waals surface area contributed by atoms with Gasteiger partial charge in [0.15, 0.2) is 0 Å². The quantitative estimate of drug-likeness (QED) is 0.898. The molecule has 1 N–H and O–H groups in total. The van der Waals surface area contributed by atoms with Crippen molar-refractivity contribution in [1.82, 2.24) is 5.32 Å². The molecule has 4 heteroatoms. The molecule has 0 amide bonds. The minimum atomic E-state index is 0.221. The first kappa shape index (κ1) is 11.9. The van der Waals surface area contributed by atoms with Gasteiger partial charge in [-0.25, -0.2) is 0 Å². The van der Waals surface area contributed by atoms with Crippen LogP contribution in [-0.2, 0) is 0 Å². The van der Waals surface area contributed by atoms with Gasteiger partial charge in [0.2, 0.25) is 0 Å². The van der Waals surface area contributed by atoms with E-state index in [0.717, 1.165) is 5.76 Å². The highest BCUT2D eigenvalue weighted by Gasteiger charge is 2.15. The van der Waals surface area contributed by atoms with Crippen LogP contribution in [0, 0.1) is 0 Å². The van der Waals surface area contributed by atoms with E-state index in [-0.39, 0.29) is 6.04 Å². The highest BCUT2D eigenvalue weighted by molar-refractivity contribution is 9.10. The van der Waals surface area contributed by atoms with Crippen molar-refractivity contribution in [3.63, 3.8) is 0 Å². The average molecular weight is 300 g/mol. The van der Waals surface area contributed by atoms with Crippen LogP contribution in [0.1, 0.15) is 36.6 Å². The second-order valence-electron chi connectivity index (χ2n) is 3.76. The van der Waals surface area contributed by atoms with Gasteiger partial charge in [-0.2, -0.15) is 0 Å². The largest absolute Gasteiger partial charge is 0.468 e. The van der Waals surface area contributed by atoms with Crippen LogP contribution in [0.25, 0.3) is 0 Å². The van der Waals surface area contributed by atoms with Crippen molar-refractivity contribution in [2.75, 3.05) is 0 Å². The van der Waals surface area contributed by atoms with Crippen molar-refractivity contribution in [3.8, 4) is 0 Å². The molecule has 0 saturated heterocycles. The average Bonchev–Trinajstić information content (AvgIpc) is 2.86. The number of nitrogens with one attached hydrogen (secondary N) is 1. The van der Waals surface area contributed by atoms with Gasteiger partial charge in [-0.3, -0.25) is 0 Å². The summed E-state index contributed by atoms with van der Waals surface area (Å²) in [7, 11) is 0. The van der Waals surface area contributed by atoms with Crippen LogP contribution in [0.15, 0.2) is 38.7 Å². The Hall–Kier alpha value is -0.580. The lowest BCUT2D eigenvalue weighted by atomic mass is 10.2. The Kier molecular flexibility index (Phi) is 3.84. The molecule has 2 rings (SSSR count). The molecule has 86 valence electrons. The van der Waals surface area contributed by atoms with Gasteiger partial charge in [-0.15, -0.1) is 11.3 Å². The Morgan fingerprint density at radius 1 is 1.31 bits per heavy atom. The predicted octanol–water partition coefficient (Wildman–Crippen LogP) is 4.52. The second-order valence-corrected chi connectivity index (χ2v) is 5.56. The summed E-state index contributed by atoms with van der Waals surface area (Å²) in [6, 6.07) is 6.52. The van der Waals surface area contributed by atoms with Crippen molar-refractivity contribution in [2.45, 2.75) is 25.9 Å². The lowest BCUT2D eigenvalue weighted by molar-refractivity contribution is 0.404. The zero-order valence-electron chi connectivity index (χ0n) is 9.24. The molecule has 2 heterocycles. The maximum absolute atomic E-state index is 5.37. The Morgan fingerprint density at radius 2 is 2.12 bits per heavy atom. The molecule has 2 aromatic rings. The molecule has 0 spiro atoms. The van der Waals surface area contributed by atoms with Gasteiger partial charge in [0, 0.05) is 15.4 Å². The summed E-state index contributed by atoms with van der Waals surface area (Å²) < 4.78 is 6.54. The summed E-state index contributed by atoms with van der Waals surface area (Å²) in [5.74, 6) is 0.972. The summed E-state index contributed by atoms with van der Waals surface area (Å²) >= 11 is 5.31. The van der Waals surface area contributed by atoms with E-state index in [0.29, 0.717) is 6.04 Å². The normalized spacial score (nSPS) is 14.9. The van der Waals surface area contributed by atoms with Crippen molar-refractivity contribution in [2.24, 2.45) is 0 Å². The molecule has 0 aliphatic rings. The molecule has 0 radical (unpaired) electrons. The van der Waals surface area contributed by atoms with Crippen LogP contribution in [0.4, 0.5) is 0 Å². The predicted molar refractivity (Wildman–Crippen MR) is 70.7 cm³/mol. The molecule has 0 aromatic carbocycles. The molecule has 0 aliphatic carbocycles. The van der Waals surface area contributed by atoms with E-state index in [1.807, 2.05) is 12.1 Å². The molecule has 2 atom stereocenters. The fourth-order valence-corrected chi connectivity index (χ4v) is 3.42.